The number of fused-ring (bicyclic) bond motifs is 1. The summed E-state index contributed by atoms with van der Waals surface area (Å²) in [7, 11) is 0. The first-order valence-electron chi connectivity index (χ1n) is 8.20. The van der Waals surface area contributed by atoms with E-state index in [9.17, 15) is 0 Å². The van der Waals surface area contributed by atoms with Gasteiger partial charge in [0, 0.05) is 24.2 Å². The van der Waals surface area contributed by atoms with Gasteiger partial charge >= 0.3 is 0 Å². The third-order valence-corrected chi connectivity index (χ3v) is 4.79. The minimum absolute atomic E-state index is 0.488. The van der Waals surface area contributed by atoms with Crippen LogP contribution in [0.1, 0.15) is 46.5 Å². The fraction of sp³-hybridized carbons (Fsp3) is 0.667. The molecule has 3 nitrogen and oxygen atoms in total. The highest BCUT2D eigenvalue weighted by atomic mass is 16.5. The van der Waals surface area contributed by atoms with Crippen molar-refractivity contribution < 1.29 is 9.47 Å². The predicted molar refractivity (Wildman–Crippen MR) is 86.3 cm³/mol. The molecule has 0 bridgehead atoms. The summed E-state index contributed by atoms with van der Waals surface area (Å²) in [5.41, 5.74) is 1.64. The van der Waals surface area contributed by atoms with Gasteiger partial charge in [-0.1, -0.05) is 20.8 Å². The van der Waals surface area contributed by atoms with Crippen LogP contribution in [0.4, 0.5) is 5.69 Å². The molecule has 2 aliphatic rings. The largest absolute Gasteiger partial charge is 0.490 e. The van der Waals surface area contributed by atoms with Gasteiger partial charge in [0.15, 0.2) is 11.5 Å². The van der Waals surface area contributed by atoms with Crippen molar-refractivity contribution in [2.75, 3.05) is 18.5 Å². The van der Waals surface area contributed by atoms with Gasteiger partial charge in [0.1, 0.15) is 0 Å². The molecule has 3 rings (SSSR count). The Kier molecular flexibility index (Phi) is 4.01. The van der Waals surface area contributed by atoms with E-state index in [1.54, 1.807) is 0 Å². The van der Waals surface area contributed by atoms with Crippen LogP contribution in [-0.2, 0) is 0 Å². The zero-order valence-corrected chi connectivity index (χ0v) is 13.4. The smallest absolute Gasteiger partial charge is 0.163 e. The molecule has 3 heteroatoms. The summed E-state index contributed by atoms with van der Waals surface area (Å²) in [4.78, 5) is 0. The number of hydrogen-bond acceptors (Lipinski definition) is 3. The van der Waals surface area contributed by atoms with Gasteiger partial charge in [-0.25, -0.2) is 0 Å². The Morgan fingerprint density at radius 1 is 1.14 bits per heavy atom. The van der Waals surface area contributed by atoms with Crippen molar-refractivity contribution in [1.29, 1.82) is 0 Å². The molecule has 0 amide bonds. The second-order valence-electron chi connectivity index (χ2n) is 7.35. The van der Waals surface area contributed by atoms with Gasteiger partial charge in [0.2, 0.25) is 0 Å². The van der Waals surface area contributed by atoms with E-state index in [1.165, 1.54) is 19.3 Å². The SMILES string of the molecule is CC1CC(C)(C)CCC1Nc1ccc2c(c1)OCCCO2. The molecule has 0 saturated heterocycles. The van der Waals surface area contributed by atoms with Crippen LogP contribution in [0.5, 0.6) is 11.5 Å². The third kappa shape index (κ3) is 3.45. The number of benzene rings is 1. The Bertz CT molecular complexity index is 498. The van der Waals surface area contributed by atoms with Gasteiger partial charge in [-0.2, -0.15) is 0 Å². The van der Waals surface area contributed by atoms with Crippen LogP contribution in [0.25, 0.3) is 0 Å². The van der Waals surface area contributed by atoms with Crippen molar-refractivity contribution in [3.05, 3.63) is 18.2 Å². The van der Waals surface area contributed by atoms with E-state index >= 15 is 0 Å². The molecular formula is C18H27NO2. The van der Waals surface area contributed by atoms with Gasteiger partial charge in [0.25, 0.3) is 0 Å². The Morgan fingerprint density at radius 2 is 1.90 bits per heavy atom. The first-order valence-corrected chi connectivity index (χ1v) is 8.20. The van der Waals surface area contributed by atoms with Crippen LogP contribution in [0.2, 0.25) is 0 Å². The zero-order chi connectivity index (χ0) is 14.9. The third-order valence-electron chi connectivity index (χ3n) is 4.79. The van der Waals surface area contributed by atoms with Gasteiger partial charge < -0.3 is 14.8 Å². The quantitative estimate of drug-likeness (QED) is 0.871. The van der Waals surface area contributed by atoms with E-state index in [1.807, 2.05) is 6.07 Å². The Hall–Kier alpha value is -1.38. The van der Waals surface area contributed by atoms with Crippen molar-refractivity contribution in [2.24, 2.45) is 11.3 Å². The summed E-state index contributed by atoms with van der Waals surface area (Å²) in [6, 6.07) is 6.79. The Labute approximate surface area is 128 Å². The van der Waals surface area contributed by atoms with Crippen LogP contribution in [-0.4, -0.2) is 19.3 Å². The minimum Gasteiger partial charge on any atom is -0.490 e. The maximum Gasteiger partial charge on any atom is 0.163 e. The summed E-state index contributed by atoms with van der Waals surface area (Å²) in [5.74, 6) is 2.45. The molecule has 0 aromatic heterocycles. The number of anilines is 1. The molecule has 1 N–H and O–H groups in total. The molecule has 1 fully saturated rings. The van der Waals surface area contributed by atoms with Crippen LogP contribution in [0, 0.1) is 11.3 Å². The van der Waals surface area contributed by atoms with Crippen LogP contribution >= 0.6 is 0 Å². The fourth-order valence-corrected chi connectivity index (χ4v) is 3.63. The van der Waals surface area contributed by atoms with E-state index in [-0.39, 0.29) is 0 Å². The molecule has 1 saturated carbocycles. The number of hydrogen-bond donors (Lipinski definition) is 1. The van der Waals surface area contributed by atoms with E-state index < -0.39 is 0 Å². The normalized spacial score (nSPS) is 27.8. The summed E-state index contributed by atoms with van der Waals surface area (Å²) in [5, 5.41) is 3.70. The standard InChI is InChI=1S/C18H27NO2/c1-13-12-18(2,3)8-7-15(13)19-14-5-6-16-17(11-14)21-10-4-9-20-16/h5-6,11,13,15,19H,4,7-10,12H2,1-3H3. The average Bonchev–Trinajstić information content (AvgIpc) is 2.66. The molecule has 1 aromatic carbocycles. The molecule has 0 radical (unpaired) electrons. The first kappa shape index (κ1) is 14.6. The molecule has 1 aromatic rings. The lowest BCUT2D eigenvalue weighted by Crippen LogP contribution is -2.36. The maximum atomic E-state index is 5.77. The van der Waals surface area contributed by atoms with Gasteiger partial charge in [-0.3, -0.25) is 0 Å². The lowest BCUT2D eigenvalue weighted by molar-refractivity contribution is 0.177. The topological polar surface area (TPSA) is 30.5 Å². The first-order chi connectivity index (χ1) is 10.0. The Morgan fingerprint density at radius 3 is 2.67 bits per heavy atom. The number of nitrogens with one attached hydrogen (secondary N) is 1. The number of ether oxygens (including phenoxy) is 2. The molecule has 116 valence electrons. The van der Waals surface area contributed by atoms with E-state index in [4.69, 9.17) is 9.47 Å². The molecule has 2 atom stereocenters. The summed E-state index contributed by atoms with van der Waals surface area (Å²) in [6.07, 6.45) is 4.77. The van der Waals surface area contributed by atoms with Crippen LogP contribution in [0.3, 0.4) is 0 Å². The van der Waals surface area contributed by atoms with Crippen LogP contribution in [0.15, 0.2) is 18.2 Å². The van der Waals surface area contributed by atoms with Gasteiger partial charge in [0.05, 0.1) is 13.2 Å². The van der Waals surface area contributed by atoms with Crippen LogP contribution < -0.4 is 14.8 Å². The number of rotatable bonds is 2. The predicted octanol–water partition coefficient (Wildman–Crippen LogP) is 4.47. The molecule has 0 spiro atoms. The Balaban J connectivity index is 1.69. The molecule has 1 aliphatic carbocycles. The molecule has 1 aliphatic heterocycles. The van der Waals surface area contributed by atoms with E-state index in [0.29, 0.717) is 17.4 Å². The zero-order valence-electron chi connectivity index (χ0n) is 13.4. The maximum absolute atomic E-state index is 5.77. The summed E-state index contributed by atoms with van der Waals surface area (Å²) < 4.78 is 11.5. The van der Waals surface area contributed by atoms with Gasteiger partial charge in [-0.05, 0) is 42.7 Å². The average molecular weight is 289 g/mol. The lowest BCUT2D eigenvalue weighted by atomic mass is 9.70. The van der Waals surface area contributed by atoms with Gasteiger partial charge in [-0.15, -0.1) is 0 Å². The highest BCUT2D eigenvalue weighted by molar-refractivity contribution is 5.55. The highest BCUT2D eigenvalue weighted by Gasteiger charge is 2.32. The molecular weight excluding hydrogens is 262 g/mol. The second kappa shape index (κ2) is 5.78. The monoisotopic (exact) mass is 289 g/mol. The van der Waals surface area contributed by atoms with E-state index in [0.717, 1.165) is 36.8 Å². The van der Waals surface area contributed by atoms with Crippen molar-refractivity contribution in [3.63, 3.8) is 0 Å². The minimum atomic E-state index is 0.488. The highest BCUT2D eigenvalue weighted by Crippen LogP contribution is 2.40. The van der Waals surface area contributed by atoms with Crippen molar-refractivity contribution in [1.82, 2.24) is 0 Å². The molecule has 21 heavy (non-hydrogen) atoms. The summed E-state index contributed by atoms with van der Waals surface area (Å²) >= 11 is 0. The fourth-order valence-electron chi connectivity index (χ4n) is 3.63. The van der Waals surface area contributed by atoms with Crippen molar-refractivity contribution >= 4 is 5.69 Å². The van der Waals surface area contributed by atoms with Crippen molar-refractivity contribution in [2.45, 2.75) is 52.5 Å². The molecule has 2 unspecified atom stereocenters. The van der Waals surface area contributed by atoms with Crippen molar-refractivity contribution in [3.8, 4) is 11.5 Å². The van der Waals surface area contributed by atoms with E-state index in [2.05, 4.69) is 38.2 Å². The second-order valence-corrected chi connectivity index (χ2v) is 7.35. The lowest BCUT2D eigenvalue weighted by Gasteiger charge is -2.40. The summed E-state index contributed by atoms with van der Waals surface area (Å²) in [6.45, 7) is 8.61. The molecule has 1 heterocycles.